The second kappa shape index (κ2) is 6.31. The van der Waals surface area contributed by atoms with E-state index < -0.39 is 12.1 Å². The molecule has 2 aliphatic rings. The number of benzene rings is 1. The Kier molecular flexibility index (Phi) is 4.35. The van der Waals surface area contributed by atoms with Gasteiger partial charge in [0.25, 0.3) is 5.91 Å². The molecule has 0 saturated carbocycles. The molecule has 2 aliphatic heterocycles. The van der Waals surface area contributed by atoms with Crippen molar-refractivity contribution in [3.8, 4) is 5.75 Å². The highest BCUT2D eigenvalue weighted by Crippen LogP contribution is 2.28. The maximum atomic E-state index is 12.6. The van der Waals surface area contributed by atoms with Crippen molar-refractivity contribution in [2.24, 2.45) is 5.73 Å². The molecule has 2 heterocycles. The molecule has 3 rings (SSSR count). The van der Waals surface area contributed by atoms with Crippen LogP contribution in [0.2, 0.25) is 0 Å². The SMILES string of the molecule is COc1ccc(CN2C(=O)[C@@H]3CN(C(N)=O)CCN3C2=O)cc1Br. The molecule has 0 spiro atoms. The Hall–Kier alpha value is -2.29. The first-order valence-electron chi connectivity index (χ1n) is 7.41. The second-order valence-electron chi connectivity index (χ2n) is 5.67. The number of nitrogens with two attached hydrogens (primary N) is 1. The van der Waals surface area contributed by atoms with Crippen molar-refractivity contribution in [3.05, 3.63) is 28.2 Å². The Morgan fingerprint density at radius 1 is 1.38 bits per heavy atom. The van der Waals surface area contributed by atoms with Crippen LogP contribution in [0.25, 0.3) is 0 Å². The number of fused-ring (bicyclic) bond motifs is 1. The van der Waals surface area contributed by atoms with Gasteiger partial charge in [-0.25, -0.2) is 9.59 Å². The molecule has 0 radical (unpaired) electrons. The zero-order valence-electron chi connectivity index (χ0n) is 13.1. The maximum Gasteiger partial charge on any atom is 0.327 e. The predicted octanol–water partition coefficient (Wildman–Crippen LogP) is 0.985. The van der Waals surface area contributed by atoms with Crippen molar-refractivity contribution >= 4 is 33.9 Å². The zero-order chi connectivity index (χ0) is 17.4. The molecule has 0 unspecified atom stereocenters. The minimum atomic E-state index is -0.652. The van der Waals surface area contributed by atoms with E-state index in [2.05, 4.69) is 15.9 Å². The molecule has 128 valence electrons. The molecule has 2 N–H and O–H groups in total. The van der Waals surface area contributed by atoms with Gasteiger partial charge < -0.3 is 20.3 Å². The van der Waals surface area contributed by atoms with Crippen LogP contribution in [-0.2, 0) is 11.3 Å². The highest BCUT2D eigenvalue weighted by molar-refractivity contribution is 9.10. The number of urea groups is 2. The Morgan fingerprint density at radius 3 is 2.75 bits per heavy atom. The largest absolute Gasteiger partial charge is 0.496 e. The molecule has 1 aromatic rings. The average molecular weight is 397 g/mol. The monoisotopic (exact) mass is 396 g/mol. The van der Waals surface area contributed by atoms with E-state index in [9.17, 15) is 14.4 Å². The maximum absolute atomic E-state index is 12.6. The van der Waals surface area contributed by atoms with Gasteiger partial charge in [0.2, 0.25) is 0 Å². The summed E-state index contributed by atoms with van der Waals surface area (Å²) in [6.45, 7) is 0.959. The second-order valence-corrected chi connectivity index (χ2v) is 6.52. The lowest BCUT2D eigenvalue weighted by atomic mass is 10.1. The minimum Gasteiger partial charge on any atom is -0.496 e. The van der Waals surface area contributed by atoms with E-state index in [-0.39, 0.29) is 25.0 Å². The van der Waals surface area contributed by atoms with E-state index >= 15 is 0 Å². The quantitative estimate of drug-likeness (QED) is 0.770. The Labute approximate surface area is 147 Å². The predicted molar refractivity (Wildman–Crippen MR) is 88.3 cm³/mol. The average Bonchev–Trinajstić information content (AvgIpc) is 2.79. The van der Waals surface area contributed by atoms with E-state index in [0.29, 0.717) is 18.8 Å². The number of hydrogen-bond acceptors (Lipinski definition) is 4. The molecule has 8 nitrogen and oxygen atoms in total. The summed E-state index contributed by atoms with van der Waals surface area (Å²) < 4.78 is 5.92. The highest BCUT2D eigenvalue weighted by atomic mass is 79.9. The standard InChI is InChI=1S/C15H17BrN4O4/c1-24-12-3-2-9(6-10(12)16)7-20-13(21)11-8-18(14(17)22)4-5-19(11)15(20)23/h2-3,6,11H,4-5,7-8H2,1H3,(H2,17,22)/t11-/m0/s1. The normalized spacial score (nSPS) is 20.4. The summed E-state index contributed by atoms with van der Waals surface area (Å²) in [7, 11) is 1.57. The third-order valence-corrected chi connectivity index (χ3v) is 4.90. The van der Waals surface area contributed by atoms with Crippen molar-refractivity contribution in [3.63, 3.8) is 0 Å². The highest BCUT2D eigenvalue weighted by Gasteiger charge is 2.48. The number of ether oxygens (including phenoxy) is 1. The van der Waals surface area contributed by atoms with E-state index in [1.807, 2.05) is 6.07 Å². The van der Waals surface area contributed by atoms with Crippen LogP contribution in [0.1, 0.15) is 5.56 Å². The number of imide groups is 1. The van der Waals surface area contributed by atoms with Crippen molar-refractivity contribution in [1.82, 2.24) is 14.7 Å². The van der Waals surface area contributed by atoms with E-state index in [1.165, 1.54) is 14.7 Å². The number of primary amides is 1. The van der Waals surface area contributed by atoms with Crippen molar-refractivity contribution < 1.29 is 19.1 Å². The third kappa shape index (κ3) is 2.79. The van der Waals surface area contributed by atoms with E-state index in [4.69, 9.17) is 10.5 Å². The van der Waals surface area contributed by atoms with Crippen molar-refractivity contribution in [1.29, 1.82) is 0 Å². The Bertz CT molecular complexity index is 711. The Morgan fingerprint density at radius 2 is 2.12 bits per heavy atom. The molecule has 1 atom stereocenters. The fraction of sp³-hybridized carbons (Fsp3) is 0.400. The molecule has 5 amide bonds. The van der Waals surface area contributed by atoms with Gasteiger partial charge in [0.1, 0.15) is 11.8 Å². The summed E-state index contributed by atoms with van der Waals surface area (Å²) in [5, 5.41) is 0. The molecule has 0 aliphatic carbocycles. The lowest BCUT2D eigenvalue weighted by Crippen LogP contribution is -2.55. The summed E-state index contributed by atoms with van der Waals surface area (Å²) in [5.41, 5.74) is 6.08. The first-order valence-corrected chi connectivity index (χ1v) is 8.20. The summed E-state index contributed by atoms with van der Waals surface area (Å²) >= 11 is 3.39. The molecule has 2 fully saturated rings. The number of rotatable bonds is 3. The fourth-order valence-corrected chi connectivity index (χ4v) is 3.58. The first-order chi connectivity index (χ1) is 11.4. The number of halogens is 1. The van der Waals surface area contributed by atoms with Crippen LogP contribution in [0.3, 0.4) is 0 Å². The van der Waals surface area contributed by atoms with Gasteiger partial charge in [-0.05, 0) is 33.6 Å². The topological polar surface area (TPSA) is 96.2 Å². The molecule has 9 heteroatoms. The number of methoxy groups -OCH3 is 1. The lowest BCUT2D eigenvalue weighted by Gasteiger charge is -2.34. The van der Waals surface area contributed by atoms with Crippen molar-refractivity contribution in [2.75, 3.05) is 26.7 Å². The summed E-state index contributed by atoms with van der Waals surface area (Å²) in [6, 6.07) is 3.82. The van der Waals surface area contributed by atoms with Gasteiger partial charge in [0.05, 0.1) is 24.7 Å². The van der Waals surface area contributed by atoms with Crippen LogP contribution in [0, 0.1) is 0 Å². The van der Waals surface area contributed by atoms with Crippen LogP contribution in [-0.4, -0.2) is 65.5 Å². The van der Waals surface area contributed by atoms with Gasteiger partial charge in [0, 0.05) is 13.1 Å². The smallest absolute Gasteiger partial charge is 0.327 e. The third-order valence-electron chi connectivity index (χ3n) is 4.28. The molecule has 2 saturated heterocycles. The number of hydrogen-bond donors (Lipinski definition) is 1. The zero-order valence-corrected chi connectivity index (χ0v) is 14.7. The molecule has 0 bridgehead atoms. The molecular formula is C15H17BrN4O4. The molecule has 24 heavy (non-hydrogen) atoms. The number of carbonyl (C=O) groups is 3. The van der Waals surface area contributed by atoms with Crippen LogP contribution in [0.15, 0.2) is 22.7 Å². The van der Waals surface area contributed by atoms with E-state index in [1.54, 1.807) is 19.2 Å². The van der Waals surface area contributed by atoms with Gasteiger partial charge in [-0.2, -0.15) is 0 Å². The van der Waals surface area contributed by atoms with Crippen LogP contribution in [0.5, 0.6) is 5.75 Å². The molecular weight excluding hydrogens is 380 g/mol. The first kappa shape index (κ1) is 16.6. The van der Waals surface area contributed by atoms with Crippen molar-refractivity contribution in [2.45, 2.75) is 12.6 Å². The van der Waals surface area contributed by atoms with Crippen LogP contribution >= 0.6 is 15.9 Å². The summed E-state index contributed by atoms with van der Waals surface area (Å²) in [6.07, 6.45) is 0. The molecule has 1 aromatic carbocycles. The van der Waals surface area contributed by atoms with Gasteiger partial charge >= 0.3 is 12.1 Å². The number of amides is 5. The summed E-state index contributed by atoms with van der Waals surface area (Å²) in [5.74, 6) is 0.366. The van der Waals surface area contributed by atoms with E-state index in [0.717, 1.165) is 10.0 Å². The van der Waals surface area contributed by atoms with Gasteiger partial charge in [-0.15, -0.1) is 0 Å². The van der Waals surface area contributed by atoms with Gasteiger partial charge in [-0.3, -0.25) is 9.69 Å². The number of piperazine rings is 1. The van der Waals surface area contributed by atoms with Crippen LogP contribution in [0.4, 0.5) is 9.59 Å². The lowest BCUT2D eigenvalue weighted by molar-refractivity contribution is -0.129. The van der Waals surface area contributed by atoms with Crippen LogP contribution < -0.4 is 10.5 Å². The molecule has 0 aromatic heterocycles. The summed E-state index contributed by atoms with van der Waals surface area (Å²) in [4.78, 5) is 40.5. The Balaban J connectivity index is 1.77. The fourth-order valence-electron chi connectivity index (χ4n) is 2.99. The number of nitrogens with zero attached hydrogens (tertiary/aromatic N) is 3. The van der Waals surface area contributed by atoms with Gasteiger partial charge in [0.15, 0.2) is 0 Å². The van der Waals surface area contributed by atoms with Gasteiger partial charge in [-0.1, -0.05) is 6.07 Å². The minimum absolute atomic E-state index is 0.142. The number of carbonyl (C=O) groups excluding carboxylic acids is 3.